The first-order chi connectivity index (χ1) is 7.27. The fourth-order valence-electron chi connectivity index (χ4n) is 2.40. The predicted molar refractivity (Wildman–Crippen MR) is 71.6 cm³/mol. The third kappa shape index (κ3) is 4.78. The second kappa shape index (κ2) is 7.56. The van der Waals surface area contributed by atoms with Gasteiger partial charge in [0.1, 0.15) is 0 Å². The van der Waals surface area contributed by atoms with Gasteiger partial charge in [-0.05, 0) is 49.1 Å². The molecule has 1 fully saturated rings. The highest BCUT2D eigenvalue weighted by atomic mass is 32.2. The molecule has 1 N–H and O–H groups in total. The van der Waals surface area contributed by atoms with E-state index in [2.05, 4.69) is 37.8 Å². The maximum atomic E-state index is 3.67. The topological polar surface area (TPSA) is 12.0 Å². The van der Waals surface area contributed by atoms with E-state index in [1.165, 1.54) is 37.2 Å². The lowest BCUT2D eigenvalue weighted by molar-refractivity contribution is 0.293. The van der Waals surface area contributed by atoms with Gasteiger partial charge in [-0.2, -0.15) is 11.8 Å². The molecule has 15 heavy (non-hydrogen) atoms. The maximum Gasteiger partial charge on any atom is 0.00951 e. The standard InChI is InChI=1S/C13H27NS/c1-4-11(3)13(14-5-2)10-12-6-8-15-9-7-12/h11-14H,4-10H2,1-3H3. The molecule has 0 aromatic heterocycles. The van der Waals surface area contributed by atoms with Crippen LogP contribution in [0.5, 0.6) is 0 Å². The Hall–Kier alpha value is 0.310. The van der Waals surface area contributed by atoms with Gasteiger partial charge < -0.3 is 5.32 Å². The fourth-order valence-corrected chi connectivity index (χ4v) is 3.61. The monoisotopic (exact) mass is 229 g/mol. The third-order valence-corrected chi connectivity index (χ3v) is 4.77. The highest BCUT2D eigenvalue weighted by Gasteiger charge is 2.21. The van der Waals surface area contributed by atoms with E-state index in [0.717, 1.165) is 24.4 Å². The summed E-state index contributed by atoms with van der Waals surface area (Å²) in [5, 5.41) is 3.67. The van der Waals surface area contributed by atoms with E-state index < -0.39 is 0 Å². The minimum Gasteiger partial charge on any atom is -0.314 e. The molecule has 0 aromatic rings. The molecular weight excluding hydrogens is 202 g/mol. The highest BCUT2D eigenvalue weighted by Crippen LogP contribution is 2.28. The minimum atomic E-state index is 0.758. The van der Waals surface area contributed by atoms with Gasteiger partial charge in [-0.15, -0.1) is 0 Å². The van der Waals surface area contributed by atoms with Crippen LogP contribution in [-0.2, 0) is 0 Å². The normalized spacial score (nSPS) is 22.6. The van der Waals surface area contributed by atoms with Crippen LogP contribution in [0.3, 0.4) is 0 Å². The average Bonchev–Trinajstić information content (AvgIpc) is 2.29. The SMILES string of the molecule is CCNC(CC1CCSCC1)C(C)CC. The number of hydrogen-bond acceptors (Lipinski definition) is 2. The zero-order valence-corrected chi connectivity index (χ0v) is 11.4. The predicted octanol–water partition coefficient (Wildman–Crippen LogP) is 3.54. The van der Waals surface area contributed by atoms with Gasteiger partial charge in [0, 0.05) is 6.04 Å². The van der Waals surface area contributed by atoms with E-state index >= 15 is 0 Å². The Morgan fingerprint density at radius 2 is 1.93 bits per heavy atom. The van der Waals surface area contributed by atoms with Crippen molar-refractivity contribution in [2.75, 3.05) is 18.1 Å². The summed E-state index contributed by atoms with van der Waals surface area (Å²) in [6, 6.07) is 0.758. The summed E-state index contributed by atoms with van der Waals surface area (Å²) >= 11 is 2.13. The van der Waals surface area contributed by atoms with Gasteiger partial charge >= 0.3 is 0 Å². The summed E-state index contributed by atoms with van der Waals surface area (Å²) in [5.41, 5.74) is 0. The van der Waals surface area contributed by atoms with Crippen molar-refractivity contribution in [1.82, 2.24) is 5.32 Å². The van der Waals surface area contributed by atoms with Gasteiger partial charge in [-0.1, -0.05) is 27.2 Å². The summed E-state index contributed by atoms with van der Waals surface area (Å²) < 4.78 is 0. The average molecular weight is 229 g/mol. The van der Waals surface area contributed by atoms with E-state index in [-0.39, 0.29) is 0 Å². The fraction of sp³-hybridized carbons (Fsp3) is 1.00. The Labute approximate surface area is 99.8 Å². The molecule has 0 amide bonds. The van der Waals surface area contributed by atoms with Crippen molar-refractivity contribution >= 4 is 11.8 Å². The molecule has 1 heterocycles. The second-order valence-corrected chi connectivity index (χ2v) is 6.07. The Morgan fingerprint density at radius 3 is 2.47 bits per heavy atom. The molecule has 0 spiro atoms. The molecule has 2 heteroatoms. The van der Waals surface area contributed by atoms with Gasteiger partial charge in [0.05, 0.1) is 0 Å². The van der Waals surface area contributed by atoms with Gasteiger partial charge in [0.2, 0.25) is 0 Å². The molecule has 0 radical (unpaired) electrons. The summed E-state index contributed by atoms with van der Waals surface area (Å²) in [6.45, 7) is 8.05. The molecule has 1 nitrogen and oxygen atoms in total. The smallest absolute Gasteiger partial charge is 0.00951 e. The lowest BCUT2D eigenvalue weighted by Gasteiger charge is -2.30. The molecule has 2 atom stereocenters. The van der Waals surface area contributed by atoms with Crippen molar-refractivity contribution < 1.29 is 0 Å². The third-order valence-electron chi connectivity index (χ3n) is 3.73. The van der Waals surface area contributed by atoms with E-state index in [0.29, 0.717) is 0 Å². The zero-order valence-electron chi connectivity index (χ0n) is 10.6. The first-order valence-corrected chi connectivity index (χ1v) is 7.74. The zero-order chi connectivity index (χ0) is 11.1. The van der Waals surface area contributed by atoms with Gasteiger partial charge in [0.25, 0.3) is 0 Å². The van der Waals surface area contributed by atoms with Crippen LogP contribution in [0.1, 0.15) is 46.5 Å². The highest BCUT2D eigenvalue weighted by molar-refractivity contribution is 7.99. The Morgan fingerprint density at radius 1 is 1.27 bits per heavy atom. The van der Waals surface area contributed by atoms with Crippen molar-refractivity contribution in [2.24, 2.45) is 11.8 Å². The molecular formula is C13H27NS. The van der Waals surface area contributed by atoms with Crippen molar-refractivity contribution in [2.45, 2.75) is 52.5 Å². The summed E-state index contributed by atoms with van der Waals surface area (Å²) in [4.78, 5) is 0. The molecule has 90 valence electrons. The number of thioether (sulfide) groups is 1. The molecule has 0 bridgehead atoms. The molecule has 1 rings (SSSR count). The number of nitrogens with one attached hydrogen (secondary N) is 1. The second-order valence-electron chi connectivity index (χ2n) is 4.84. The summed E-state index contributed by atoms with van der Waals surface area (Å²) in [7, 11) is 0. The van der Waals surface area contributed by atoms with Crippen LogP contribution in [0.4, 0.5) is 0 Å². The van der Waals surface area contributed by atoms with Crippen molar-refractivity contribution in [3.63, 3.8) is 0 Å². The van der Waals surface area contributed by atoms with Gasteiger partial charge in [-0.3, -0.25) is 0 Å². The quantitative estimate of drug-likeness (QED) is 0.747. The summed E-state index contributed by atoms with van der Waals surface area (Å²) in [5.74, 6) is 4.61. The summed E-state index contributed by atoms with van der Waals surface area (Å²) in [6.07, 6.45) is 5.61. The first-order valence-electron chi connectivity index (χ1n) is 6.59. The largest absolute Gasteiger partial charge is 0.314 e. The molecule has 1 aliphatic rings. The van der Waals surface area contributed by atoms with E-state index in [1.54, 1.807) is 0 Å². The van der Waals surface area contributed by atoms with E-state index in [9.17, 15) is 0 Å². The van der Waals surface area contributed by atoms with Crippen molar-refractivity contribution in [1.29, 1.82) is 0 Å². The molecule has 0 saturated carbocycles. The molecule has 1 aliphatic heterocycles. The molecule has 0 aliphatic carbocycles. The van der Waals surface area contributed by atoms with Crippen LogP contribution in [0.2, 0.25) is 0 Å². The Balaban J connectivity index is 2.34. The Kier molecular flexibility index (Phi) is 6.74. The minimum absolute atomic E-state index is 0.758. The van der Waals surface area contributed by atoms with Crippen LogP contribution in [-0.4, -0.2) is 24.1 Å². The molecule has 0 aromatic carbocycles. The van der Waals surface area contributed by atoms with Crippen molar-refractivity contribution in [3.8, 4) is 0 Å². The lowest BCUT2D eigenvalue weighted by Crippen LogP contribution is -2.37. The maximum absolute atomic E-state index is 3.67. The lowest BCUT2D eigenvalue weighted by atomic mass is 9.87. The van der Waals surface area contributed by atoms with Gasteiger partial charge in [-0.25, -0.2) is 0 Å². The van der Waals surface area contributed by atoms with E-state index in [1.807, 2.05) is 0 Å². The van der Waals surface area contributed by atoms with Crippen LogP contribution in [0, 0.1) is 11.8 Å². The molecule has 1 saturated heterocycles. The number of rotatable bonds is 6. The number of hydrogen-bond donors (Lipinski definition) is 1. The van der Waals surface area contributed by atoms with Crippen LogP contribution in [0.15, 0.2) is 0 Å². The van der Waals surface area contributed by atoms with Crippen LogP contribution >= 0.6 is 11.8 Å². The van der Waals surface area contributed by atoms with Crippen molar-refractivity contribution in [3.05, 3.63) is 0 Å². The van der Waals surface area contributed by atoms with Crippen LogP contribution < -0.4 is 5.32 Å². The van der Waals surface area contributed by atoms with Crippen LogP contribution in [0.25, 0.3) is 0 Å². The Bertz CT molecular complexity index is 155. The molecule has 2 unspecified atom stereocenters. The first kappa shape index (κ1) is 13.4. The van der Waals surface area contributed by atoms with Gasteiger partial charge in [0.15, 0.2) is 0 Å². The van der Waals surface area contributed by atoms with E-state index in [4.69, 9.17) is 0 Å².